The molecule has 1 aromatic rings. The fourth-order valence-corrected chi connectivity index (χ4v) is 2.16. The predicted octanol–water partition coefficient (Wildman–Crippen LogP) is 2.93. The molecule has 4 nitrogen and oxygen atoms in total. The Labute approximate surface area is 133 Å². The Kier molecular flexibility index (Phi) is 7.54. The summed E-state index contributed by atoms with van der Waals surface area (Å²) in [4.78, 5) is 10.9. The predicted molar refractivity (Wildman–Crippen MR) is 87.5 cm³/mol. The Hall–Kier alpha value is -1.14. The zero-order valence-corrected chi connectivity index (χ0v) is 14.0. The van der Waals surface area contributed by atoms with Gasteiger partial charge in [0.1, 0.15) is 0 Å². The molecule has 1 aromatic carbocycles. The minimum absolute atomic E-state index is 0.128. The zero-order chi connectivity index (χ0) is 15.0. The smallest absolute Gasteiger partial charge is 0.305 e. The number of benzene rings is 1. The summed E-state index contributed by atoms with van der Waals surface area (Å²) in [5.74, 6) is -0.200. The standard InChI is InChI=1S/C14H19BrN2O2S/c1-10(11-5-7-12(15)8-6-11)17-14(20)16-9-3-4-13(18)19-2/h5-8,10H,3-4,9H2,1-2H3,(H2,16,17,20)/t10-/m1/s1. The van der Waals surface area contributed by atoms with Gasteiger partial charge in [0.25, 0.3) is 0 Å². The number of methoxy groups -OCH3 is 1. The van der Waals surface area contributed by atoms with Gasteiger partial charge in [-0.15, -0.1) is 0 Å². The third kappa shape index (κ3) is 6.34. The van der Waals surface area contributed by atoms with Crippen LogP contribution in [0.2, 0.25) is 0 Å². The third-order valence-corrected chi connectivity index (χ3v) is 3.58. The quantitative estimate of drug-likeness (QED) is 0.465. The molecular weight excluding hydrogens is 340 g/mol. The van der Waals surface area contributed by atoms with E-state index in [9.17, 15) is 4.79 Å². The molecule has 0 aliphatic heterocycles. The summed E-state index contributed by atoms with van der Waals surface area (Å²) >= 11 is 8.62. The van der Waals surface area contributed by atoms with E-state index >= 15 is 0 Å². The Balaban J connectivity index is 2.28. The van der Waals surface area contributed by atoms with Gasteiger partial charge in [0.05, 0.1) is 13.2 Å². The summed E-state index contributed by atoms with van der Waals surface area (Å²) < 4.78 is 5.62. The normalized spacial score (nSPS) is 11.6. The molecule has 0 unspecified atom stereocenters. The van der Waals surface area contributed by atoms with Gasteiger partial charge in [0.2, 0.25) is 0 Å². The number of thiocarbonyl (C=S) groups is 1. The van der Waals surface area contributed by atoms with Crippen molar-refractivity contribution in [1.82, 2.24) is 10.6 Å². The number of hydrogen-bond donors (Lipinski definition) is 2. The van der Waals surface area contributed by atoms with Crippen molar-refractivity contribution in [3.63, 3.8) is 0 Å². The molecule has 20 heavy (non-hydrogen) atoms. The SMILES string of the molecule is COC(=O)CCCNC(=S)N[C@H](C)c1ccc(Br)cc1. The fraction of sp³-hybridized carbons (Fsp3) is 0.429. The van der Waals surface area contributed by atoms with Crippen LogP contribution < -0.4 is 10.6 Å². The van der Waals surface area contributed by atoms with Crippen LogP contribution in [0.25, 0.3) is 0 Å². The first kappa shape index (κ1) is 16.9. The van der Waals surface area contributed by atoms with Gasteiger partial charge in [-0.1, -0.05) is 28.1 Å². The van der Waals surface area contributed by atoms with Crippen molar-refractivity contribution < 1.29 is 9.53 Å². The fourth-order valence-electron chi connectivity index (χ4n) is 1.62. The molecule has 0 heterocycles. The van der Waals surface area contributed by atoms with Gasteiger partial charge in [0, 0.05) is 17.4 Å². The first-order chi connectivity index (χ1) is 9.52. The summed E-state index contributed by atoms with van der Waals surface area (Å²) in [6, 6.07) is 8.22. The van der Waals surface area contributed by atoms with Gasteiger partial charge >= 0.3 is 5.97 Å². The highest BCUT2D eigenvalue weighted by Crippen LogP contribution is 2.16. The van der Waals surface area contributed by atoms with Crippen molar-refractivity contribution in [2.24, 2.45) is 0 Å². The molecule has 0 aliphatic rings. The Bertz CT molecular complexity index is 451. The lowest BCUT2D eigenvalue weighted by Crippen LogP contribution is -2.37. The van der Waals surface area contributed by atoms with Crippen LogP contribution in [0.1, 0.15) is 31.4 Å². The molecule has 0 saturated carbocycles. The van der Waals surface area contributed by atoms with E-state index in [1.54, 1.807) is 0 Å². The van der Waals surface area contributed by atoms with Crippen LogP contribution in [-0.2, 0) is 9.53 Å². The molecule has 0 aliphatic carbocycles. The van der Waals surface area contributed by atoms with Crippen LogP contribution in [-0.4, -0.2) is 24.7 Å². The van der Waals surface area contributed by atoms with Gasteiger partial charge in [-0.05, 0) is 43.3 Å². The van der Waals surface area contributed by atoms with E-state index < -0.39 is 0 Å². The molecule has 0 saturated heterocycles. The molecule has 0 radical (unpaired) electrons. The molecule has 110 valence electrons. The molecule has 0 bridgehead atoms. The molecule has 0 fully saturated rings. The van der Waals surface area contributed by atoms with E-state index in [-0.39, 0.29) is 12.0 Å². The van der Waals surface area contributed by atoms with Gasteiger partial charge in [-0.25, -0.2) is 0 Å². The number of carbonyl (C=O) groups is 1. The minimum Gasteiger partial charge on any atom is -0.469 e. The summed E-state index contributed by atoms with van der Waals surface area (Å²) in [5, 5.41) is 6.87. The highest BCUT2D eigenvalue weighted by atomic mass is 79.9. The van der Waals surface area contributed by atoms with Crippen LogP contribution in [0.3, 0.4) is 0 Å². The van der Waals surface area contributed by atoms with Gasteiger partial charge in [-0.2, -0.15) is 0 Å². The molecule has 1 atom stereocenters. The molecule has 2 N–H and O–H groups in total. The highest BCUT2D eigenvalue weighted by molar-refractivity contribution is 9.10. The zero-order valence-electron chi connectivity index (χ0n) is 11.6. The number of nitrogens with one attached hydrogen (secondary N) is 2. The number of hydrogen-bond acceptors (Lipinski definition) is 3. The van der Waals surface area contributed by atoms with Crippen molar-refractivity contribution in [1.29, 1.82) is 0 Å². The van der Waals surface area contributed by atoms with Gasteiger partial charge in [0.15, 0.2) is 5.11 Å². The molecule has 1 rings (SSSR count). The monoisotopic (exact) mass is 358 g/mol. The number of esters is 1. The van der Waals surface area contributed by atoms with Crippen LogP contribution in [0, 0.1) is 0 Å². The maximum absolute atomic E-state index is 10.9. The molecule has 6 heteroatoms. The van der Waals surface area contributed by atoms with Crippen molar-refractivity contribution in [2.75, 3.05) is 13.7 Å². The Morgan fingerprint density at radius 2 is 2.05 bits per heavy atom. The summed E-state index contributed by atoms with van der Waals surface area (Å²) in [6.07, 6.45) is 1.09. The van der Waals surface area contributed by atoms with Crippen LogP contribution in [0.5, 0.6) is 0 Å². The van der Waals surface area contributed by atoms with E-state index in [1.165, 1.54) is 7.11 Å². The average Bonchev–Trinajstić information content (AvgIpc) is 2.43. The van der Waals surface area contributed by atoms with Gasteiger partial charge in [-0.3, -0.25) is 4.79 Å². The summed E-state index contributed by atoms with van der Waals surface area (Å²) in [6.45, 7) is 2.69. The first-order valence-corrected chi connectivity index (χ1v) is 7.59. The molecule has 0 spiro atoms. The molecular formula is C14H19BrN2O2S. The van der Waals surface area contributed by atoms with Crippen molar-refractivity contribution in [3.05, 3.63) is 34.3 Å². The number of rotatable bonds is 6. The van der Waals surface area contributed by atoms with Crippen LogP contribution in [0.15, 0.2) is 28.7 Å². The van der Waals surface area contributed by atoms with Crippen molar-refractivity contribution in [3.8, 4) is 0 Å². The van der Waals surface area contributed by atoms with E-state index in [0.29, 0.717) is 24.5 Å². The second-order valence-corrected chi connectivity index (χ2v) is 5.68. The van der Waals surface area contributed by atoms with Gasteiger partial charge < -0.3 is 15.4 Å². The average molecular weight is 359 g/mol. The minimum atomic E-state index is -0.200. The van der Waals surface area contributed by atoms with Crippen molar-refractivity contribution >= 4 is 39.2 Å². The first-order valence-electron chi connectivity index (χ1n) is 6.39. The van der Waals surface area contributed by atoms with E-state index in [4.69, 9.17) is 12.2 Å². The molecule has 0 amide bonds. The maximum Gasteiger partial charge on any atom is 0.305 e. The topological polar surface area (TPSA) is 50.4 Å². The Morgan fingerprint density at radius 1 is 1.40 bits per heavy atom. The maximum atomic E-state index is 10.9. The number of ether oxygens (including phenoxy) is 1. The second kappa shape index (κ2) is 8.92. The Morgan fingerprint density at radius 3 is 2.65 bits per heavy atom. The van der Waals surface area contributed by atoms with E-state index in [0.717, 1.165) is 10.0 Å². The molecule has 0 aromatic heterocycles. The largest absolute Gasteiger partial charge is 0.469 e. The van der Waals surface area contributed by atoms with Crippen molar-refractivity contribution in [2.45, 2.75) is 25.8 Å². The highest BCUT2D eigenvalue weighted by Gasteiger charge is 2.06. The lowest BCUT2D eigenvalue weighted by molar-refractivity contribution is -0.140. The second-order valence-electron chi connectivity index (χ2n) is 4.35. The third-order valence-electron chi connectivity index (χ3n) is 2.79. The number of carbonyl (C=O) groups excluding carboxylic acids is 1. The summed E-state index contributed by atoms with van der Waals surface area (Å²) in [5.41, 5.74) is 1.16. The lowest BCUT2D eigenvalue weighted by atomic mass is 10.1. The summed E-state index contributed by atoms with van der Waals surface area (Å²) in [7, 11) is 1.39. The number of halogens is 1. The van der Waals surface area contributed by atoms with Crippen LogP contribution in [0.4, 0.5) is 0 Å². The van der Waals surface area contributed by atoms with Crippen LogP contribution >= 0.6 is 28.1 Å². The lowest BCUT2D eigenvalue weighted by Gasteiger charge is -2.17. The van der Waals surface area contributed by atoms with E-state index in [2.05, 4.69) is 31.3 Å². The van der Waals surface area contributed by atoms with E-state index in [1.807, 2.05) is 31.2 Å².